The maximum absolute atomic E-state index is 6.62. The van der Waals surface area contributed by atoms with Gasteiger partial charge in [0.15, 0.2) is 0 Å². The van der Waals surface area contributed by atoms with E-state index in [0.29, 0.717) is 6.61 Å². The van der Waals surface area contributed by atoms with Gasteiger partial charge in [0.05, 0.1) is 9.86 Å². The monoisotopic (exact) mass is 334 g/mol. The first-order chi connectivity index (χ1) is 9.27. The number of benzene rings is 2. The van der Waals surface area contributed by atoms with E-state index in [1.165, 1.54) is 0 Å². The lowest BCUT2D eigenvalue weighted by Gasteiger charge is -2.13. The molecule has 1 atom stereocenters. The van der Waals surface area contributed by atoms with Gasteiger partial charge in [0.2, 0.25) is 0 Å². The summed E-state index contributed by atoms with van der Waals surface area (Å²) in [5.41, 5.74) is 3.15. The zero-order valence-electron chi connectivity index (χ0n) is 10.1. The second-order valence-corrected chi connectivity index (χ2v) is 5.85. The third kappa shape index (κ3) is 2.43. The van der Waals surface area contributed by atoms with Gasteiger partial charge in [0.1, 0.15) is 12.4 Å². The molecule has 1 unspecified atom stereocenters. The molecule has 1 heterocycles. The lowest BCUT2D eigenvalue weighted by Crippen LogP contribution is -2.11. The van der Waals surface area contributed by atoms with Crippen LogP contribution in [0.1, 0.15) is 11.1 Å². The van der Waals surface area contributed by atoms with Crippen LogP contribution in [-0.2, 0) is 0 Å². The summed E-state index contributed by atoms with van der Waals surface area (Å²) < 4.78 is 5.81. The number of hydrogen-bond acceptors (Lipinski definition) is 1. The second-order valence-electron chi connectivity index (χ2n) is 4.37. The van der Waals surface area contributed by atoms with E-state index in [0.717, 1.165) is 27.5 Å². The number of fused-ring (bicyclic) bond motifs is 1. The van der Waals surface area contributed by atoms with Crippen molar-refractivity contribution in [2.24, 2.45) is 0 Å². The van der Waals surface area contributed by atoms with Crippen molar-refractivity contribution in [3.63, 3.8) is 0 Å². The SMILES string of the molecule is ClC1=C(c2ccccc2)C(Br)COc2ccccc21. The van der Waals surface area contributed by atoms with Crippen LogP contribution in [0.4, 0.5) is 0 Å². The highest BCUT2D eigenvalue weighted by atomic mass is 79.9. The van der Waals surface area contributed by atoms with E-state index in [1.54, 1.807) is 0 Å². The molecule has 2 aromatic rings. The third-order valence-corrected chi connectivity index (χ3v) is 4.27. The zero-order valence-corrected chi connectivity index (χ0v) is 12.5. The molecule has 0 aliphatic carbocycles. The van der Waals surface area contributed by atoms with Crippen LogP contribution in [0.15, 0.2) is 54.6 Å². The molecule has 1 nitrogen and oxygen atoms in total. The highest BCUT2D eigenvalue weighted by Gasteiger charge is 2.24. The molecule has 0 spiro atoms. The minimum Gasteiger partial charge on any atom is -0.491 e. The summed E-state index contributed by atoms with van der Waals surface area (Å²) in [6.07, 6.45) is 0. The van der Waals surface area contributed by atoms with E-state index >= 15 is 0 Å². The number of alkyl halides is 1. The van der Waals surface area contributed by atoms with E-state index in [2.05, 4.69) is 28.1 Å². The summed E-state index contributed by atoms with van der Waals surface area (Å²) in [4.78, 5) is 0.0785. The smallest absolute Gasteiger partial charge is 0.128 e. The first-order valence-corrected chi connectivity index (χ1v) is 7.38. The summed E-state index contributed by atoms with van der Waals surface area (Å²) in [5, 5.41) is 0.751. The van der Waals surface area contributed by atoms with Crippen molar-refractivity contribution in [3.05, 3.63) is 65.7 Å². The van der Waals surface area contributed by atoms with Crippen LogP contribution in [-0.4, -0.2) is 11.4 Å². The van der Waals surface area contributed by atoms with E-state index in [1.807, 2.05) is 42.5 Å². The molecule has 0 fully saturated rings. The molecule has 0 amide bonds. The Balaban J connectivity index is 2.20. The number of rotatable bonds is 1. The molecule has 0 aromatic heterocycles. The Hall–Kier alpha value is -1.25. The predicted octanol–water partition coefficient (Wildman–Crippen LogP) is 4.95. The Labute approximate surface area is 126 Å². The Bertz CT molecular complexity index is 622. The quantitative estimate of drug-likeness (QED) is 0.670. The summed E-state index contributed by atoms with van der Waals surface area (Å²) in [6, 6.07) is 18.1. The maximum Gasteiger partial charge on any atom is 0.128 e. The first kappa shape index (κ1) is 12.8. The highest BCUT2D eigenvalue weighted by Crippen LogP contribution is 2.41. The lowest BCUT2D eigenvalue weighted by atomic mass is 10.0. The predicted molar refractivity (Wildman–Crippen MR) is 83.8 cm³/mol. The minimum atomic E-state index is 0.0785. The van der Waals surface area contributed by atoms with Crippen molar-refractivity contribution in [2.45, 2.75) is 4.83 Å². The number of para-hydroxylation sites is 1. The Morgan fingerprint density at radius 3 is 2.47 bits per heavy atom. The van der Waals surface area contributed by atoms with Crippen LogP contribution in [0.3, 0.4) is 0 Å². The average Bonchev–Trinajstić information content (AvgIpc) is 2.58. The molecule has 0 bridgehead atoms. The second kappa shape index (κ2) is 5.40. The molecule has 0 radical (unpaired) electrons. The van der Waals surface area contributed by atoms with Gasteiger partial charge < -0.3 is 4.74 Å². The van der Waals surface area contributed by atoms with Crippen molar-refractivity contribution >= 4 is 38.1 Å². The van der Waals surface area contributed by atoms with Crippen molar-refractivity contribution in [1.82, 2.24) is 0 Å². The maximum atomic E-state index is 6.62. The lowest BCUT2D eigenvalue weighted by molar-refractivity contribution is 0.334. The Morgan fingerprint density at radius 2 is 1.68 bits per heavy atom. The molecule has 1 aliphatic heterocycles. The molecule has 3 heteroatoms. The van der Waals surface area contributed by atoms with Gasteiger partial charge in [-0.3, -0.25) is 0 Å². The van der Waals surface area contributed by atoms with E-state index in [4.69, 9.17) is 16.3 Å². The molecule has 0 saturated heterocycles. The van der Waals surface area contributed by atoms with Crippen LogP contribution in [0.2, 0.25) is 0 Å². The van der Waals surface area contributed by atoms with Crippen LogP contribution < -0.4 is 4.74 Å². The summed E-state index contributed by atoms with van der Waals surface area (Å²) >= 11 is 10.3. The van der Waals surface area contributed by atoms with Gasteiger partial charge in [-0.05, 0) is 23.3 Å². The minimum absolute atomic E-state index is 0.0785. The van der Waals surface area contributed by atoms with Gasteiger partial charge in [0.25, 0.3) is 0 Å². The van der Waals surface area contributed by atoms with Crippen LogP contribution >= 0.6 is 27.5 Å². The van der Waals surface area contributed by atoms with E-state index in [-0.39, 0.29) is 4.83 Å². The normalized spacial score (nSPS) is 18.5. The number of halogens is 2. The fourth-order valence-electron chi connectivity index (χ4n) is 2.23. The molecule has 19 heavy (non-hydrogen) atoms. The van der Waals surface area contributed by atoms with Crippen LogP contribution in [0.25, 0.3) is 10.6 Å². The van der Waals surface area contributed by atoms with E-state index in [9.17, 15) is 0 Å². The molecule has 0 saturated carbocycles. The summed E-state index contributed by atoms with van der Waals surface area (Å²) in [7, 11) is 0. The third-order valence-electron chi connectivity index (χ3n) is 3.14. The van der Waals surface area contributed by atoms with Gasteiger partial charge in [-0.2, -0.15) is 0 Å². The van der Waals surface area contributed by atoms with Gasteiger partial charge in [0, 0.05) is 5.56 Å². The van der Waals surface area contributed by atoms with Gasteiger partial charge in [-0.25, -0.2) is 0 Å². The molecule has 0 N–H and O–H groups in total. The van der Waals surface area contributed by atoms with Gasteiger partial charge in [-0.15, -0.1) is 0 Å². The first-order valence-electron chi connectivity index (χ1n) is 6.08. The molecular formula is C16H12BrClO. The topological polar surface area (TPSA) is 9.23 Å². The number of hydrogen-bond donors (Lipinski definition) is 0. The Morgan fingerprint density at radius 1 is 1.00 bits per heavy atom. The number of ether oxygens (including phenoxy) is 1. The zero-order chi connectivity index (χ0) is 13.2. The molecule has 96 valence electrons. The van der Waals surface area contributed by atoms with Crippen molar-refractivity contribution < 1.29 is 4.74 Å². The van der Waals surface area contributed by atoms with Crippen molar-refractivity contribution in [2.75, 3.05) is 6.61 Å². The van der Waals surface area contributed by atoms with Gasteiger partial charge in [-0.1, -0.05) is 70.0 Å². The van der Waals surface area contributed by atoms with Crippen LogP contribution in [0, 0.1) is 0 Å². The molecule has 3 rings (SSSR count). The summed E-state index contributed by atoms with van der Waals surface area (Å²) in [5.74, 6) is 0.836. The Kier molecular flexibility index (Phi) is 3.63. The highest BCUT2D eigenvalue weighted by molar-refractivity contribution is 9.09. The molecular weight excluding hydrogens is 324 g/mol. The molecule has 2 aromatic carbocycles. The fourth-order valence-corrected chi connectivity index (χ4v) is 3.38. The van der Waals surface area contributed by atoms with Gasteiger partial charge >= 0.3 is 0 Å². The van der Waals surface area contributed by atoms with Crippen molar-refractivity contribution in [1.29, 1.82) is 0 Å². The largest absolute Gasteiger partial charge is 0.491 e. The summed E-state index contributed by atoms with van der Waals surface area (Å²) in [6.45, 7) is 0.567. The standard InChI is InChI=1S/C16H12BrClO/c17-13-10-19-14-9-5-4-8-12(14)16(18)15(13)11-6-2-1-3-7-11/h1-9,13H,10H2. The molecule has 1 aliphatic rings. The van der Waals surface area contributed by atoms with Crippen molar-refractivity contribution in [3.8, 4) is 5.75 Å². The van der Waals surface area contributed by atoms with Crippen LogP contribution in [0.5, 0.6) is 5.75 Å². The fraction of sp³-hybridized carbons (Fsp3) is 0.125. The average molecular weight is 336 g/mol. The van der Waals surface area contributed by atoms with E-state index < -0.39 is 0 Å².